The zero-order valence-electron chi connectivity index (χ0n) is 4.78. The third kappa shape index (κ3) is 1.22. The Morgan fingerprint density at radius 1 is 1.75 bits per heavy atom. The van der Waals surface area contributed by atoms with Gasteiger partial charge in [0.05, 0.1) is 6.54 Å². The number of hydrogen-bond acceptors (Lipinski definition) is 2. The van der Waals surface area contributed by atoms with Crippen molar-refractivity contribution in [3.05, 3.63) is 0 Å². The predicted molar refractivity (Wildman–Crippen MR) is 33.5 cm³/mol. The fraction of sp³-hybridized carbons (Fsp3) is 0.667. The molecule has 0 aromatic carbocycles. The van der Waals surface area contributed by atoms with Crippen molar-refractivity contribution in [2.75, 3.05) is 19.6 Å². The van der Waals surface area contributed by atoms with Gasteiger partial charge in [-0.1, -0.05) is 5.92 Å². The second-order valence-electron chi connectivity index (χ2n) is 1.94. The zero-order valence-corrected chi connectivity index (χ0v) is 4.78. The molecular weight excluding hydrogens is 100 g/mol. The molecule has 2 nitrogen and oxygen atoms in total. The molecule has 0 radical (unpaired) electrons. The number of terminal acetylenes is 1. The molecule has 0 aromatic rings. The highest BCUT2D eigenvalue weighted by Gasteiger charge is 2.13. The van der Waals surface area contributed by atoms with E-state index in [0.29, 0.717) is 12.6 Å². The fourth-order valence-corrected chi connectivity index (χ4v) is 0.636. The Labute approximate surface area is 49.7 Å². The molecule has 1 aliphatic heterocycles. The quantitative estimate of drug-likeness (QED) is 0.454. The lowest BCUT2D eigenvalue weighted by atomic mass is 10.2. The fourth-order valence-electron chi connectivity index (χ4n) is 0.636. The number of rotatable bonds is 2. The van der Waals surface area contributed by atoms with Crippen molar-refractivity contribution < 1.29 is 0 Å². The maximum Gasteiger partial charge on any atom is 0.0576 e. The van der Waals surface area contributed by atoms with Gasteiger partial charge in [-0.15, -0.1) is 6.42 Å². The first kappa shape index (κ1) is 5.61. The molecule has 1 rings (SSSR count). The van der Waals surface area contributed by atoms with Gasteiger partial charge in [0.25, 0.3) is 0 Å². The molecule has 0 aromatic heterocycles. The highest BCUT2D eigenvalue weighted by atomic mass is 15.1. The molecule has 0 atom stereocenters. The molecule has 0 saturated carbocycles. The first-order valence-electron chi connectivity index (χ1n) is 2.81. The lowest BCUT2D eigenvalue weighted by molar-refractivity contribution is 0.381. The van der Waals surface area contributed by atoms with E-state index < -0.39 is 0 Å². The molecule has 8 heavy (non-hydrogen) atoms. The van der Waals surface area contributed by atoms with Crippen LogP contribution in [0.25, 0.3) is 0 Å². The van der Waals surface area contributed by atoms with Gasteiger partial charge in [0.2, 0.25) is 0 Å². The summed E-state index contributed by atoms with van der Waals surface area (Å²) in [5, 5.41) is 6.31. The van der Waals surface area contributed by atoms with Crippen molar-refractivity contribution in [1.29, 1.82) is 0 Å². The standard InChI is InChI=1S/C6H10N2/c1-2-3-8-6-4-7-5-6/h1,6-8H,3-5H2. The van der Waals surface area contributed by atoms with Crippen LogP contribution in [0.5, 0.6) is 0 Å². The Hall–Kier alpha value is -0.520. The molecule has 2 heteroatoms. The van der Waals surface area contributed by atoms with E-state index in [2.05, 4.69) is 16.6 Å². The van der Waals surface area contributed by atoms with Crippen molar-refractivity contribution >= 4 is 0 Å². The average Bonchev–Trinajstić information content (AvgIpc) is 1.63. The predicted octanol–water partition coefficient (Wildman–Crippen LogP) is -0.819. The minimum Gasteiger partial charge on any atom is -0.314 e. The van der Waals surface area contributed by atoms with E-state index in [1.807, 2.05) is 0 Å². The summed E-state index contributed by atoms with van der Waals surface area (Å²) in [6, 6.07) is 0.631. The van der Waals surface area contributed by atoms with Crippen molar-refractivity contribution in [3.8, 4) is 12.3 Å². The summed E-state index contributed by atoms with van der Waals surface area (Å²) in [5.41, 5.74) is 0. The molecule has 0 bridgehead atoms. The monoisotopic (exact) mass is 110 g/mol. The summed E-state index contributed by atoms with van der Waals surface area (Å²) >= 11 is 0. The Bertz CT molecular complexity index is 99.6. The molecule has 1 fully saturated rings. The average molecular weight is 110 g/mol. The van der Waals surface area contributed by atoms with Gasteiger partial charge in [0, 0.05) is 19.1 Å². The molecule has 0 spiro atoms. The normalized spacial score (nSPS) is 19.4. The van der Waals surface area contributed by atoms with Gasteiger partial charge in [-0.3, -0.25) is 0 Å². The molecule has 0 amide bonds. The Morgan fingerprint density at radius 2 is 2.50 bits per heavy atom. The van der Waals surface area contributed by atoms with E-state index in [-0.39, 0.29) is 0 Å². The van der Waals surface area contributed by atoms with Crippen molar-refractivity contribution in [2.24, 2.45) is 0 Å². The summed E-state index contributed by atoms with van der Waals surface area (Å²) in [4.78, 5) is 0. The maximum absolute atomic E-state index is 5.02. The highest BCUT2D eigenvalue weighted by Crippen LogP contribution is 1.87. The zero-order chi connectivity index (χ0) is 5.82. The van der Waals surface area contributed by atoms with E-state index in [4.69, 9.17) is 6.42 Å². The highest BCUT2D eigenvalue weighted by molar-refractivity contribution is 4.91. The molecule has 44 valence electrons. The van der Waals surface area contributed by atoms with Crippen molar-refractivity contribution in [2.45, 2.75) is 6.04 Å². The van der Waals surface area contributed by atoms with E-state index in [1.54, 1.807) is 0 Å². The lowest BCUT2D eigenvalue weighted by Gasteiger charge is -2.27. The molecule has 1 saturated heterocycles. The molecule has 1 heterocycles. The number of hydrogen-bond donors (Lipinski definition) is 2. The maximum atomic E-state index is 5.02. The van der Waals surface area contributed by atoms with Crippen LogP contribution in [0.15, 0.2) is 0 Å². The van der Waals surface area contributed by atoms with Gasteiger partial charge in [0.1, 0.15) is 0 Å². The van der Waals surface area contributed by atoms with Crippen LogP contribution in [0.3, 0.4) is 0 Å². The molecule has 0 unspecified atom stereocenters. The van der Waals surface area contributed by atoms with E-state index in [9.17, 15) is 0 Å². The summed E-state index contributed by atoms with van der Waals surface area (Å²) < 4.78 is 0. The van der Waals surface area contributed by atoms with Crippen LogP contribution in [0.4, 0.5) is 0 Å². The van der Waals surface area contributed by atoms with Gasteiger partial charge in [-0.05, 0) is 0 Å². The molecule has 2 N–H and O–H groups in total. The van der Waals surface area contributed by atoms with Crippen LogP contribution in [0.1, 0.15) is 0 Å². The van der Waals surface area contributed by atoms with Crippen LogP contribution in [0, 0.1) is 12.3 Å². The minimum atomic E-state index is 0.631. The van der Waals surface area contributed by atoms with Gasteiger partial charge >= 0.3 is 0 Å². The molecule has 0 aliphatic carbocycles. The summed E-state index contributed by atoms with van der Waals surface area (Å²) in [6.45, 7) is 2.84. The van der Waals surface area contributed by atoms with Crippen molar-refractivity contribution in [3.63, 3.8) is 0 Å². The van der Waals surface area contributed by atoms with Crippen LogP contribution >= 0.6 is 0 Å². The van der Waals surface area contributed by atoms with Crippen LogP contribution < -0.4 is 10.6 Å². The van der Waals surface area contributed by atoms with E-state index >= 15 is 0 Å². The second-order valence-corrected chi connectivity index (χ2v) is 1.94. The summed E-state index contributed by atoms with van der Waals surface area (Å²) in [5.74, 6) is 2.53. The largest absolute Gasteiger partial charge is 0.314 e. The molecule has 1 aliphatic rings. The lowest BCUT2D eigenvalue weighted by Crippen LogP contribution is -2.55. The SMILES string of the molecule is C#CCNC1CNC1. The summed E-state index contributed by atoms with van der Waals surface area (Å²) in [7, 11) is 0. The first-order chi connectivity index (χ1) is 3.93. The molecular formula is C6H10N2. The summed E-state index contributed by atoms with van der Waals surface area (Å²) in [6.07, 6.45) is 5.02. The van der Waals surface area contributed by atoms with Gasteiger partial charge < -0.3 is 10.6 Å². The van der Waals surface area contributed by atoms with Crippen molar-refractivity contribution in [1.82, 2.24) is 10.6 Å². The third-order valence-corrected chi connectivity index (χ3v) is 1.27. The van der Waals surface area contributed by atoms with Gasteiger partial charge in [0.15, 0.2) is 0 Å². The number of nitrogens with one attached hydrogen (secondary N) is 2. The van der Waals surface area contributed by atoms with E-state index in [0.717, 1.165) is 13.1 Å². The van der Waals surface area contributed by atoms with Crippen LogP contribution in [0.2, 0.25) is 0 Å². The smallest absolute Gasteiger partial charge is 0.0576 e. The topological polar surface area (TPSA) is 24.1 Å². The second kappa shape index (κ2) is 2.71. The van der Waals surface area contributed by atoms with Crippen LogP contribution in [-0.2, 0) is 0 Å². The van der Waals surface area contributed by atoms with Crippen LogP contribution in [-0.4, -0.2) is 25.7 Å². The first-order valence-corrected chi connectivity index (χ1v) is 2.81. The third-order valence-electron chi connectivity index (χ3n) is 1.27. The Kier molecular flexibility index (Phi) is 1.90. The Morgan fingerprint density at radius 3 is 2.88 bits per heavy atom. The van der Waals surface area contributed by atoms with Gasteiger partial charge in [-0.25, -0.2) is 0 Å². The van der Waals surface area contributed by atoms with Gasteiger partial charge in [-0.2, -0.15) is 0 Å². The van der Waals surface area contributed by atoms with E-state index in [1.165, 1.54) is 0 Å². The Balaban J connectivity index is 1.95. The minimum absolute atomic E-state index is 0.631.